The lowest BCUT2D eigenvalue weighted by atomic mass is 10.1. The van der Waals surface area contributed by atoms with Crippen molar-refractivity contribution in [1.29, 1.82) is 0 Å². The molecule has 18 heavy (non-hydrogen) atoms. The third-order valence-corrected chi connectivity index (χ3v) is 3.16. The topological polar surface area (TPSA) is 69.6 Å². The maximum atomic E-state index is 11.9. The number of aliphatic hydroxyl groups excluding tert-OH is 1. The fourth-order valence-electron chi connectivity index (χ4n) is 1.96. The molecule has 2 atom stereocenters. The molecule has 0 aliphatic heterocycles. The molecule has 1 aliphatic rings. The Morgan fingerprint density at radius 3 is 2.83 bits per heavy atom. The van der Waals surface area contributed by atoms with Crippen molar-refractivity contribution in [3.8, 4) is 5.75 Å². The highest BCUT2D eigenvalue weighted by atomic mass is 35.5. The summed E-state index contributed by atoms with van der Waals surface area (Å²) in [7, 11) is 0. The highest BCUT2D eigenvalue weighted by molar-refractivity contribution is 6.30. The van der Waals surface area contributed by atoms with E-state index in [4.69, 9.17) is 16.7 Å². The van der Waals surface area contributed by atoms with Crippen LogP contribution in [0.15, 0.2) is 30.4 Å². The Balaban J connectivity index is 2.02. The fraction of sp³-hybridized carbons (Fsp3) is 0.308. The second-order valence-corrected chi connectivity index (χ2v) is 4.74. The molecule has 96 valence electrons. The average molecular weight is 268 g/mol. The number of halogens is 1. The normalized spacial score (nSPS) is 22.1. The van der Waals surface area contributed by atoms with Crippen LogP contribution < -0.4 is 5.32 Å². The van der Waals surface area contributed by atoms with E-state index in [9.17, 15) is 9.90 Å². The van der Waals surface area contributed by atoms with Crippen molar-refractivity contribution in [1.82, 2.24) is 5.32 Å². The molecule has 1 aromatic carbocycles. The van der Waals surface area contributed by atoms with E-state index in [0.29, 0.717) is 11.4 Å². The standard InChI is InChI=1S/C13H14ClNO3/c14-9-2-4-11(12(17)6-9)13(18)15-10-3-1-8(5-10)7-16/h1-4,6,8,10,16-17H,5,7H2,(H,15,18)/t8-,10+/m0/s1. The minimum Gasteiger partial charge on any atom is -0.507 e. The zero-order chi connectivity index (χ0) is 13.1. The number of amides is 1. The number of carbonyl (C=O) groups is 1. The van der Waals surface area contributed by atoms with Crippen LogP contribution >= 0.6 is 11.6 Å². The summed E-state index contributed by atoms with van der Waals surface area (Å²) in [5, 5.41) is 21.8. The van der Waals surface area contributed by atoms with Crippen molar-refractivity contribution < 1.29 is 15.0 Å². The summed E-state index contributed by atoms with van der Waals surface area (Å²) in [5.74, 6) is -0.396. The summed E-state index contributed by atoms with van der Waals surface area (Å²) in [6.07, 6.45) is 4.41. The molecular weight excluding hydrogens is 254 g/mol. The highest BCUT2D eigenvalue weighted by Gasteiger charge is 2.21. The Morgan fingerprint density at radius 2 is 2.22 bits per heavy atom. The molecule has 0 bridgehead atoms. The quantitative estimate of drug-likeness (QED) is 0.731. The van der Waals surface area contributed by atoms with Crippen LogP contribution in [0.3, 0.4) is 0 Å². The van der Waals surface area contributed by atoms with E-state index in [1.807, 2.05) is 12.2 Å². The number of benzene rings is 1. The van der Waals surface area contributed by atoms with Gasteiger partial charge in [0.2, 0.25) is 0 Å². The summed E-state index contributed by atoms with van der Waals surface area (Å²) < 4.78 is 0. The van der Waals surface area contributed by atoms with Gasteiger partial charge in [-0.1, -0.05) is 23.8 Å². The Bertz CT molecular complexity index is 487. The molecule has 4 nitrogen and oxygen atoms in total. The first-order valence-corrected chi connectivity index (χ1v) is 6.06. The van der Waals surface area contributed by atoms with Crippen molar-refractivity contribution >= 4 is 17.5 Å². The SMILES string of the molecule is O=C(N[C@@H]1C=C[C@H](CO)C1)c1ccc(Cl)cc1O. The molecule has 0 fully saturated rings. The number of nitrogens with one attached hydrogen (secondary N) is 1. The third-order valence-electron chi connectivity index (χ3n) is 2.93. The monoisotopic (exact) mass is 267 g/mol. The van der Waals surface area contributed by atoms with Crippen LogP contribution in [0.5, 0.6) is 5.75 Å². The van der Waals surface area contributed by atoms with Gasteiger partial charge in [-0.25, -0.2) is 0 Å². The lowest BCUT2D eigenvalue weighted by molar-refractivity contribution is 0.0938. The predicted molar refractivity (Wildman–Crippen MR) is 68.7 cm³/mol. The van der Waals surface area contributed by atoms with Crippen LogP contribution in [0.4, 0.5) is 0 Å². The molecule has 1 amide bonds. The van der Waals surface area contributed by atoms with E-state index < -0.39 is 0 Å². The second-order valence-electron chi connectivity index (χ2n) is 4.30. The zero-order valence-electron chi connectivity index (χ0n) is 9.64. The van der Waals surface area contributed by atoms with E-state index in [2.05, 4.69) is 5.32 Å². The number of aromatic hydroxyl groups is 1. The van der Waals surface area contributed by atoms with Gasteiger partial charge in [0.1, 0.15) is 5.75 Å². The number of phenolic OH excluding ortho intramolecular Hbond substituents is 1. The van der Waals surface area contributed by atoms with E-state index in [0.717, 1.165) is 0 Å². The first-order valence-electron chi connectivity index (χ1n) is 5.68. The number of aliphatic hydroxyl groups is 1. The van der Waals surface area contributed by atoms with Crippen molar-refractivity contribution in [2.45, 2.75) is 12.5 Å². The molecule has 1 aromatic rings. The molecule has 1 aliphatic carbocycles. The number of phenols is 1. The van der Waals surface area contributed by atoms with Crippen molar-refractivity contribution in [3.05, 3.63) is 40.9 Å². The van der Waals surface area contributed by atoms with Gasteiger partial charge in [0.15, 0.2) is 0 Å². The molecule has 2 rings (SSSR count). The van der Waals surface area contributed by atoms with Gasteiger partial charge in [-0.2, -0.15) is 0 Å². The van der Waals surface area contributed by atoms with Crippen LogP contribution in [0.25, 0.3) is 0 Å². The van der Waals surface area contributed by atoms with E-state index in [1.54, 1.807) is 6.07 Å². The number of carbonyl (C=O) groups excluding carboxylic acids is 1. The molecular formula is C13H14ClNO3. The maximum absolute atomic E-state index is 11.9. The van der Waals surface area contributed by atoms with Gasteiger partial charge < -0.3 is 15.5 Å². The lowest BCUT2D eigenvalue weighted by Gasteiger charge is -2.13. The Kier molecular flexibility index (Phi) is 3.89. The van der Waals surface area contributed by atoms with Crippen LogP contribution in [0.1, 0.15) is 16.8 Å². The van der Waals surface area contributed by atoms with Crippen LogP contribution in [0, 0.1) is 5.92 Å². The molecule has 3 N–H and O–H groups in total. The minimum absolute atomic E-state index is 0.0784. The fourth-order valence-corrected chi connectivity index (χ4v) is 2.13. The summed E-state index contributed by atoms with van der Waals surface area (Å²) in [5.41, 5.74) is 0.195. The molecule has 0 aromatic heterocycles. The van der Waals surface area contributed by atoms with Gasteiger partial charge in [-0.15, -0.1) is 0 Å². The van der Waals surface area contributed by atoms with Crippen molar-refractivity contribution in [3.63, 3.8) is 0 Å². The molecule has 0 spiro atoms. The van der Waals surface area contributed by atoms with Gasteiger partial charge in [-0.3, -0.25) is 4.79 Å². The van der Waals surface area contributed by atoms with Gasteiger partial charge >= 0.3 is 0 Å². The predicted octanol–water partition coefficient (Wildman–Crippen LogP) is 1.71. The zero-order valence-corrected chi connectivity index (χ0v) is 10.4. The molecule has 0 unspecified atom stereocenters. The Morgan fingerprint density at radius 1 is 1.44 bits per heavy atom. The van der Waals surface area contributed by atoms with Gasteiger partial charge in [0, 0.05) is 23.6 Å². The first kappa shape index (κ1) is 12.9. The molecule has 0 saturated heterocycles. The van der Waals surface area contributed by atoms with E-state index in [1.165, 1.54) is 12.1 Å². The number of hydrogen-bond donors (Lipinski definition) is 3. The number of rotatable bonds is 3. The smallest absolute Gasteiger partial charge is 0.255 e. The lowest BCUT2D eigenvalue weighted by Crippen LogP contribution is -2.32. The average Bonchev–Trinajstić information content (AvgIpc) is 2.76. The Hall–Kier alpha value is -1.52. The minimum atomic E-state index is -0.350. The van der Waals surface area contributed by atoms with Crippen molar-refractivity contribution in [2.75, 3.05) is 6.61 Å². The van der Waals surface area contributed by atoms with Gasteiger partial charge in [0.25, 0.3) is 5.91 Å². The summed E-state index contributed by atoms with van der Waals surface area (Å²) >= 11 is 5.70. The second kappa shape index (κ2) is 5.42. The van der Waals surface area contributed by atoms with Crippen LogP contribution in [0.2, 0.25) is 5.02 Å². The summed E-state index contributed by atoms with van der Waals surface area (Å²) in [4.78, 5) is 11.9. The van der Waals surface area contributed by atoms with Crippen LogP contribution in [-0.2, 0) is 0 Å². The van der Waals surface area contributed by atoms with Crippen LogP contribution in [-0.4, -0.2) is 28.8 Å². The third kappa shape index (κ3) is 2.83. The first-order chi connectivity index (χ1) is 8.60. The van der Waals surface area contributed by atoms with E-state index in [-0.39, 0.29) is 35.8 Å². The largest absolute Gasteiger partial charge is 0.507 e. The highest BCUT2D eigenvalue weighted by Crippen LogP contribution is 2.23. The van der Waals surface area contributed by atoms with Gasteiger partial charge in [0.05, 0.1) is 5.56 Å². The molecule has 0 radical (unpaired) electrons. The van der Waals surface area contributed by atoms with Gasteiger partial charge in [-0.05, 0) is 24.6 Å². The van der Waals surface area contributed by atoms with Crippen molar-refractivity contribution in [2.24, 2.45) is 5.92 Å². The Labute approximate surface area is 110 Å². The number of hydrogen-bond acceptors (Lipinski definition) is 3. The molecule has 5 heteroatoms. The molecule has 0 saturated carbocycles. The summed E-state index contributed by atoms with van der Waals surface area (Å²) in [6, 6.07) is 4.26. The van der Waals surface area contributed by atoms with E-state index >= 15 is 0 Å². The maximum Gasteiger partial charge on any atom is 0.255 e. The molecule has 0 heterocycles. The summed E-state index contributed by atoms with van der Waals surface area (Å²) in [6.45, 7) is 0.0784.